The highest BCUT2D eigenvalue weighted by Gasteiger charge is 2.28. The molecule has 0 heterocycles. The van der Waals surface area contributed by atoms with Crippen LogP contribution in [0.15, 0.2) is 54.6 Å². The van der Waals surface area contributed by atoms with E-state index in [4.69, 9.17) is 10.2 Å². The van der Waals surface area contributed by atoms with E-state index >= 15 is 0 Å². The monoisotopic (exact) mass is 352 g/mol. The van der Waals surface area contributed by atoms with Crippen molar-refractivity contribution in [2.45, 2.75) is 32.6 Å². The topological polar surface area (TPSA) is 115 Å². The molecule has 0 fully saturated rings. The molecule has 0 saturated heterocycles. The van der Waals surface area contributed by atoms with Gasteiger partial charge in [0.15, 0.2) is 0 Å². The molecule has 0 radical (unpaired) electrons. The SMILES string of the molecule is C=C(C)C(=O)O.C=C(C)C(=O)O.CCC(CO)(CO)c1ccccc1. The second-order valence-electron chi connectivity index (χ2n) is 5.49. The van der Waals surface area contributed by atoms with E-state index in [-0.39, 0.29) is 24.4 Å². The molecular weight excluding hydrogens is 324 g/mol. The highest BCUT2D eigenvalue weighted by molar-refractivity contribution is 5.85. The van der Waals surface area contributed by atoms with Gasteiger partial charge in [0, 0.05) is 16.6 Å². The van der Waals surface area contributed by atoms with Crippen LogP contribution in [0.3, 0.4) is 0 Å². The third kappa shape index (κ3) is 10.1. The van der Waals surface area contributed by atoms with Crippen molar-refractivity contribution in [3.05, 3.63) is 60.2 Å². The molecule has 6 nitrogen and oxygen atoms in total. The number of hydrogen-bond donors (Lipinski definition) is 4. The minimum Gasteiger partial charge on any atom is -0.478 e. The lowest BCUT2D eigenvalue weighted by Gasteiger charge is -2.28. The van der Waals surface area contributed by atoms with Crippen LogP contribution in [0.1, 0.15) is 32.8 Å². The summed E-state index contributed by atoms with van der Waals surface area (Å²) >= 11 is 0. The van der Waals surface area contributed by atoms with Gasteiger partial charge in [-0.3, -0.25) is 0 Å². The van der Waals surface area contributed by atoms with Gasteiger partial charge in [0.1, 0.15) is 0 Å². The van der Waals surface area contributed by atoms with Crippen molar-refractivity contribution in [1.29, 1.82) is 0 Å². The summed E-state index contributed by atoms with van der Waals surface area (Å²) < 4.78 is 0. The Kier molecular flexibility index (Phi) is 12.8. The Labute approximate surface area is 148 Å². The number of rotatable bonds is 6. The van der Waals surface area contributed by atoms with E-state index in [0.717, 1.165) is 12.0 Å². The van der Waals surface area contributed by atoms with E-state index in [2.05, 4.69) is 13.2 Å². The van der Waals surface area contributed by atoms with Crippen molar-refractivity contribution in [1.82, 2.24) is 0 Å². The van der Waals surface area contributed by atoms with E-state index in [9.17, 15) is 19.8 Å². The number of carboxylic acid groups (broad SMARTS) is 2. The Morgan fingerprint density at radius 2 is 1.24 bits per heavy atom. The van der Waals surface area contributed by atoms with Crippen molar-refractivity contribution >= 4 is 11.9 Å². The molecule has 4 N–H and O–H groups in total. The van der Waals surface area contributed by atoms with Gasteiger partial charge in [-0.25, -0.2) is 9.59 Å². The van der Waals surface area contributed by atoms with Crippen molar-refractivity contribution in [3.8, 4) is 0 Å². The summed E-state index contributed by atoms with van der Waals surface area (Å²) in [4.78, 5) is 19.2. The van der Waals surface area contributed by atoms with E-state index in [1.807, 2.05) is 37.3 Å². The molecule has 0 aliphatic rings. The first kappa shape index (κ1) is 24.8. The minimum atomic E-state index is -0.935. The van der Waals surface area contributed by atoms with Crippen LogP contribution in [0.25, 0.3) is 0 Å². The Balaban J connectivity index is 0. The fraction of sp³-hybridized carbons (Fsp3) is 0.368. The smallest absolute Gasteiger partial charge is 0.330 e. The fourth-order valence-electron chi connectivity index (χ4n) is 1.45. The van der Waals surface area contributed by atoms with E-state index in [1.54, 1.807) is 0 Å². The summed E-state index contributed by atoms with van der Waals surface area (Å²) in [5.41, 5.74) is 0.883. The lowest BCUT2D eigenvalue weighted by atomic mass is 9.80. The lowest BCUT2D eigenvalue weighted by molar-refractivity contribution is -0.133. The minimum absolute atomic E-state index is 0.00991. The third-order valence-electron chi connectivity index (χ3n) is 3.40. The molecule has 1 rings (SSSR count). The Morgan fingerprint density at radius 1 is 0.920 bits per heavy atom. The average Bonchev–Trinajstić information content (AvgIpc) is 2.59. The van der Waals surface area contributed by atoms with Crippen molar-refractivity contribution < 1.29 is 30.0 Å². The molecular formula is C19H28O6. The largest absolute Gasteiger partial charge is 0.478 e. The van der Waals surface area contributed by atoms with Gasteiger partial charge in [-0.05, 0) is 25.8 Å². The van der Waals surface area contributed by atoms with Crippen LogP contribution < -0.4 is 0 Å². The maximum absolute atomic E-state index is 9.60. The Morgan fingerprint density at radius 3 is 1.44 bits per heavy atom. The molecule has 0 spiro atoms. The number of aliphatic carboxylic acids is 2. The van der Waals surface area contributed by atoms with Gasteiger partial charge in [-0.2, -0.15) is 0 Å². The maximum Gasteiger partial charge on any atom is 0.330 e. The van der Waals surface area contributed by atoms with Crippen LogP contribution in [0.5, 0.6) is 0 Å². The zero-order valence-corrected chi connectivity index (χ0v) is 15.0. The first-order chi connectivity index (χ1) is 11.6. The Bertz CT molecular complexity index is 502. The number of carbonyl (C=O) groups is 2. The predicted molar refractivity (Wildman–Crippen MR) is 97.5 cm³/mol. The standard InChI is InChI=1S/C11H16O2.2C4H6O2/c1-2-11(8-12,9-13)10-6-4-3-5-7-10;2*1-3(2)4(5)6/h3-7,12-13H,2,8-9H2,1H3;2*1H2,2H3,(H,5,6). The molecule has 6 heteroatoms. The third-order valence-corrected chi connectivity index (χ3v) is 3.40. The molecule has 0 aliphatic carbocycles. The van der Waals surface area contributed by atoms with E-state index < -0.39 is 17.4 Å². The van der Waals surface area contributed by atoms with Crippen molar-refractivity contribution in [2.75, 3.05) is 13.2 Å². The van der Waals surface area contributed by atoms with Crippen LogP contribution >= 0.6 is 0 Å². The summed E-state index contributed by atoms with van der Waals surface area (Å²) in [5, 5.41) is 34.3. The maximum atomic E-state index is 9.60. The molecule has 0 atom stereocenters. The summed E-state index contributed by atoms with van der Waals surface area (Å²) in [7, 11) is 0. The van der Waals surface area contributed by atoms with Gasteiger partial charge in [0.2, 0.25) is 0 Å². The van der Waals surface area contributed by atoms with Gasteiger partial charge < -0.3 is 20.4 Å². The lowest BCUT2D eigenvalue weighted by Crippen LogP contribution is -2.33. The van der Waals surface area contributed by atoms with Gasteiger partial charge in [-0.1, -0.05) is 50.4 Å². The van der Waals surface area contributed by atoms with Gasteiger partial charge in [0.25, 0.3) is 0 Å². The summed E-state index contributed by atoms with van der Waals surface area (Å²) in [6, 6.07) is 9.65. The highest BCUT2D eigenvalue weighted by atomic mass is 16.4. The molecule has 25 heavy (non-hydrogen) atoms. The van der Waals surface area contributed by atoms with Crippen LogP contribution in [0, 0.1) is 0 Å². The van der Waals surface area contributed by atoms with Crippen LogP contribution in [0.4, 0.5) is 0 Å². The molecule has 0 saturated carbocycles. The molecule has 0 aliphatic heterocycles. The summed E-state index contributed by atoms with van der Waals surface area (Å²) in [6.45, 7) is 11.2. The quantitative estimate of drug-likeness (QED) is 0.585. The number of hydrogen-bond acceptors (Lipinski definition) is 4. The molecule has 1 aromatic carbocycles. The molecule has 0 unspecified atom stereocenters. The number of benzene rings is 1. The number of aliphatic hydroxyl groups is 2. The van der Waals surface area contributed by atoms with Gasteiger partial charge in [-0.15, -0.1) is 0 Å². The normalized spacial score (nSPS) is 9.64. The summed E-state index contributed by atoms with van der Waals surface area (Å²) in [5.74, 6) is -1.87. The zero-order valence-electron chi connectivity index (χ0n) is 15.0. The molecule has 0 aromatic heterocycles. The zero-order chi connectivity index (χ0) is 20.0. The first-order valence-electron chi connectivity index (χ1n) is 7.62. The first-order valence-corrected chi connectivity index (χ1v) is 7.62. The van der Waals surface area contributed by atoms with E-state index in [1.165, 1.54) is 13.8 Å². The van der Waals surface area contributed by atoms with Crippen LogP contribution in [0.2, 0.25) is 0 Å². The van der Waals surface area contributed by atoms with Gasteiger partial charge in [0.05, 0.1) is 13.2 Å². The highest BCUT2D eigenvalue weighted by Crippen LogP contribution is 2.26. The van der Waals surface area contributed by atoms with Crippen molar-refractivity contribution in [3.63, 3.8) is 0 Å². The van der Waals surface area contributed by atoms with Crippen molar-refractivity contribution in [2.24, 2.45) is 0 Å². The fourth-order valence-corrected chi connectivity index (χ4v) is 1.45. The van der Waals surface area contributed by atoms with E-state index in [0.29, 0.717) is 0 Å². The van der Waals surface area contributed by atoms with Crippen LogP contribution in [-0.4, -0.2) is 45.6 Å². The van der Waals surface area contributed by atoms with Crippen LogP contribution in [-0.2, 0) is 15.0 Å². The second kappa shape index (κ2) is 12.9. The van der Waals surface area contributed by atoms with Gasteiger partial charge >= 0.3 is 11.9 Å². The number of aliphatic hydroxyl groups excluding tert-OH is 2. The molecule has 140 valence electrons. The molecule has 1 aromatic rings. The summed E-state index contributed by atoms with van der Waals surface area (Å²) in [6.07, 6.45) is 0.740. The molecule has 0 amide bonds. The predicted octanol–water partition coefficient (Wildman–Crippen LogP) is 2.61. The Hall–Kier alpha value is -2.44. The molecule has 0 bridgehead atoms. The number of carboxylic acids is 2. The average molecular weight is 352 g/mol. The second-order valence-corrected chi connectivity index (χ2v) is 5.49.